The van der Waals surface area contributed by atoms with Gasteiger partial charge in [0.2, 0.25) is 0 Å². The zero-order valence-electron chi connectivity index (χ0n) is 10.3. The van der Waals surface area contributed by atoms with Gasteiger partial charge in [-0.05, 0) is 24.1 Å². The van der Waals surface area contributed by atoms with Crippen molar-refractivity contribution in [1.29, 1.82) is 0 Å². The van der Waals surface area contributed by atoms with Crippen LogP contribution in [0, 0.1) is 5.92 Å². The van der Waals surface area contributed by atoms with Gasteiger partial charge in [0.05, 0.1) is 0 Å². The molecule has 2 rings (SSSR count). The average Bonchev–Trinajstić information content (AvgIpc) is 2.39. The van der Waals surface area contributed by atoms with Crippen molar-refractivity contribution in [2.24, 2.45) is 5.92 Å². The molecular formula is C15H17NO. The molecule has 1 aliphatic rings. The lowest BCUT2D eigenvalue weighted by atomic mass is 10.0. The van der Waals surface area contributed by atoms with Gasteiger partial charge in [-0.25, -0.2) is 0 Å². The van der Waals surface area contributed by atoms with E-state index in [1.165, 1.54) is 0 Å². The first-order valence-electron chi connectivity index (χ1n) is 5.94. The summed E-state index contributed by atoms with van der Waals surface area (Å²) in [7, 11) is 0. The molecule has 0 saturated carbocycles. The van der Waals surface area contributed by atoms with Gasteiger partial charge in [0.25, 0.3) is 5.91 Å². The first kappa shape index (κ1) is 11.6. The molecule has 0 spiro atoms. The summed E-state index contributed by atoms with van der Waals surface area (Å²) in [6.07, 6.45) is 6.05. The summed E-state index contributed by atoms with van der Waals surface area (Å²) in [6.45, 7) is 4.88. The molecule has 1 aliphatic heterocycles. The van der Waals surface area contributed by atoms with Crippen LogP contribution in [0.3, 0.4) is 0 Å². The standard InChI is InChI=1S/C15H17NO/c1-12(2)14-10-6-7-11-16(14)15(17)13-8-4-3-5-9-13/h3-10,12H,11H2,1-2H3. The molecule has 1 heterocycles. The van der Waals surface area contributed by atoms with Gasteiger partial charge >= 0.3 is 0 Å². The summed E-state index contributed by atoms with van der Waals surface area (Å²) in [6, 6.07) is 9.43. The van der Waals surface area contributed by atoms with E-state index >= 15 is 0 Å². The smallest absolute Gasteiger partial charge is 0.258 e. The Morgan fingerprint density at radius 3 is 2.59 bits per heavy atom. The topological polar surface area (TPSA) is 20.3 Å². The number of amides is 1. The van der Waals surface area contributed by atoms with Gasteiger partial charge in [-0.2, -0.15) is 0 Å². The van der Waals surface area contributed by atoms with Gasteiger partial charge in [-0.3, -0.25) is 4.79 Å². The number of allylic oxidation sites excluding steroid dienone is 3. The lowest BCUT2D eigenvalue weighted by Crippen LogP contribution is -2.33. The van der Waals surface area contributed by atoms with Crippen LogP contribution in [0.1, 0.15) is 24.2 Å². The Bertz CT molecular complexity index is 457. The van der Waals surface area contributed by atoms with Gasteiger partial charge < -0.3 is 4.90 Å². The quantitative estimate of drug-likeness (QED) is 0.759. The van der Waals surface area contributed by atoms with Crippen LogP contribution < -0.4 is 0 Å². The highest BCUT2D eigenvalue weighted by atomic mass is 16.2. The Kier molecular flexibility index (Phi) is 3.43. The molecule has 1 aromatic carbocycles. The van der Waals surface area contributed by atoms with Crippen LogP contribution in [0.4, 0.5) is 0 Å². The molecule has 0 atom stereocenters. The first-order chi connectivity index (χ1) is 8.20. The molecule has 1 amide bonds. The fourth-order valence-corrected chi connectivity index (χ4v) is 1.97. The summed E-state index contributed by atoms with van der Waals surface area (Å²) < 4.78 is 0. The molecule has 0 bridgehead atoms. The highest BCUT2D eigenvalue weighted by Crippen LogP contribution is 2.21. The second-order valence-corrected chi connectivity index (χ2v) is 4.46. The molecule has 2 heteroatoms. The number of carbonyl (C=O) groups is 1. The summed E-state index contributed by atoms with van der Waals surface area (Å²) in [5.74, 6) is 0.433. The van der Waals surface area contributed by atoms with E-state index < -0.39 is 0 Å². The predicted octanol–water partition coefficient (Wildman–Crippen LogP) is 3.24. The number of hydrogen-bond acceptors (Lipinski definition) is 1. The van der Waals surface area contributed by atoms with Crippen LogP contribution in [0.2, 0.25) is 0 Å². The largest absolute Gasteiger partial charge is 0.308 e. The average molecular weight is 227 g/mol. The molecule has 2 nitrogen and oxygen atoms in total. The number of hydrogen-bond donors (Lipinski definition) is 0. The van der Waals surface area contributed by atoms with Crippen molar-refractivity contribution in [2.45, 2.75) is 13.8 Å². The van der Waals surface area contributed by atoms with Crippen molar-refractivity contribution in [3.63, 3.8) is 0 Å². The lowest BCUT2D eigenvalue weighted by Gasteiger charge is -2.28. The van der Waals surface area contributed by atoms with Crippen LogP contribution in [-0.4, -0.2) is 17.4 Å². The third kappa shape index (κ3) is 2.47. The molecule has 17 heavy (non-hydrogen) atoms. The van der Waals surface area contributed by atoms with Gasteiger partial charge in [0.1, 0.15) is 0 Å². The van der Waals surface area contributed by atoms with Gasteiger partial charge in [-0.15, -0.1) is 0 Å². The molecule has 0 unspecified atom stereocenters. The predicted molar refractivity (Wildman–Crippen MR) is 69.5 cm³/mol. The van der Waals surface area contributed by atoms with Crippen LogP contribution in [0.25, 0.3) is 0 Å². The minimum absolute atomic E-state index is 0.0786. The molecule has 0 fully saturated rings. The van der Waals surface area contributed by atoms with E-state index in [2.05, 4.69) is 13.8 Å². The minimum Gasteiger partial charge on any atom is -0.308 e. The van der Waals surface area contributed by atoms with Crippen molar-refractivity contribution in [3.05, 3.63) is 59.8 Å². The molecule has 0 aliphatic carbocycles. The van der Waals surface area contributed by atoms with E-state index in [1.807, 2.05) is 53.5 Å². The highest BCUT2D eigenvalue weighted by Gasteiger charge is 2.21. The van der Waals surface area contributed by atoms with E-state index in [0.717, 1.165) is 11.3 Å². The Labute approximate surface area is 102 Å². The van der Waals surface area contributed by atoms with Crippen molar-refractivity contribution in [2.75, 3.05) is 6.54 Å². The van der Waals surface area contributed by atoms with Gasteiger partial charge in [0, 0.05) is 17.8 Å². The molecule has 0 radical (unpaired) electrons. The fourth-order valence-electron chi connectivity index (χ4n) is 1.97. The van der Waals surface area contributed by atoms with Crippen LogP contribution in [-0.2, 0) is 0 Å². The molecule has 1 aromatic rings. The van der Waals surface area contributed by atoms with E-state index in [9.17, 15) is 4.79 Å². The van der Waals surface area contributed by atoms with E-state index in [4.69, 9.17) is 0 Å². The normalized spacial score (nSPS) is 15.0. The summed E-state index contributed by atoms with van der Waals surface area (Å²) in [5.41, 5.74) is 1.83. The van der Waals surface area contributed by atoms with Crippen LogP contribution in [0.5, 0.6) is 0 Å². The van der Waals surface area contributed by atoms with E-state index in [0.29, 0.717) is 12.5 Å². The van der Waals surface area contributed by atoms with Crippen LogP contribution in [0.15, 0.2) is 54.3 Å². The van der Waals surface area contributed by atoms with Crippen LogP contribution >= 0.6 is 0 Å². The van der Waals surface area contributed by atoms with E-state index in [-0.39, 0.29) is 5.91 Å². The maximum atomic E-state index is 12.4. The van der Waals surface area contributed by atoms with Crippen molar-refractivity contribution in [3.8, 4) is 0 Å². The number of nitrogens with zero attached hydrogens (tertiary/aromatic N) is 1. The first-order valence-corrected chi connectivity index (χ1v) is 5.94. The zero-order valence-corrected chi connectivity index (χ0v) is 10.3. The Morgan fingerprint density at radius 2 is 1.94 bits per heavy atom. The van der Waals surface area contributed by atoms with E-state index in [1.54, 1.807) is 0 Å². The molecular weight excluding hydrogens is 210 g/mol. The Hall–Kier alpha value is -1.83. The SMILES string of the molecule is CC(C)C1=CC=CCN1C(=O)c1ccccc1. The second-order valence-electron chi connectivity index (χ2n) is 4.46. The fraction of sp³-hybridized carbons (Fsp3) is 0.267. The number of benzene rings is 1. The van der Waals surface area contributed by atoms with Crippen molar-refractivity contribution >= 4 is 5.91 Å². The third-order valence-electron chi connectivity index (χ3n) is 2.86. The number of rotatable bonds is 2. The van der Waals surface area contributed by atoms with Gasteiger partial charge in [0.15, 0.2) is 0 Å². The van der Waals surface area contributed by atoms with Crippen molar-refractivity contribution in [1.82, 2.24) is 4.90 Å². The molecule has 0 N–H and O–H groups in total. The lowest BCUT2D eigenvalue weighted by molar-refractivity contribution is 0.0806. The summed E-state index contributed by atoms with van der Waals surface area (Å²) in [4.78, 5) is 14.2. The van der Waals surface area contributed by atoms with Crippen molar-refractivity contribution < 1.29 is 4.79 Å². The summed E-state index contributed by atoms with van der Waals surface area (Å²) in [5, 5.41) is 0. The molecule has 88 valence electrons. The monoisotopic (exact) mass is 227 g/mol. The highest BCUT2D eigenvalue weighted by molar-refractivity contribution is 5.95. The minimum atomic E-state index is 0.0786. The number of carbonyl (C=O) groups excluding carboxylic acids is 1. The molecule has 0 saturated heterocycles. The molecule has 0 aromatic heterocycles. The third-order valence-corrected chi connectivity index (χ3v) is 2.86. The second kappa shape index (κ2) is 5.00. The maximum Gasteiger partial charge on any atom is 0.258 e. The van der Waals surface area contributed by atoms with Gasteiger partial charge in [-0.1, -0.05) is 44.2 Å². The zero-order chi connectivity index (χ0) is 12.3. The summed E-state index contributed by atoms with van der Waals surface area (Å²) >= 11 is 0. The maximum absolute atomic E-state index is 12.4. The Balaban J connectivity index is 2.26. The Morgan fingerprint density at radius 1 is 1.24 bits per heavy atom.